The molecule has 0 saturated heterocycles. The second kappa shape index (κ2) is 5.40. The number of nitrogens with zero attached hydrogens (tertiary/aromatic N) is 2. The highest BCUT2D eigenvalue weighted by Crippen LogP contribution is 2.24. The predicted octanol–water partition coefficient (Wildman–Crippen LogP) is 2.36. The number of carbonyl (C=O) groups is 2. The lowest BCUT2D eigenvalue weighted by Crippen LogP contribution is -2.02. The Morgan fingerprint density at radius 1 is 0.773 bits per heavy atom. The maximum absolute atomic E-state index is 11.6. The average Bonchev–Trinajstić information content (AvgIpc) is 2.59. The van der Waals surface area contributed by atoms with Crippen molar-refractivity contribution in [2.24, 2.45) is 0 Å². The van der Waals surface area contributed by atoms with Crippen LogP contribution in [0.15, 0.2) is 36.4 Å². The second-order valence-corrected chi connectivity index (χ2v) is 4.65. The van der Waals surface area contributed by atoms with Crippen LogP contribution in [0.2, 0.25) is 0 Å². The molecule has 6 nitrogen and oxygen atoms in total. The topological polar surface area (TPSA) is 78.4 Å². The summed E-state index contributed by atoms with van der Waals surface area (Å²) in [7, 11) is 2.65. The van der Waals surface area contributed by atoms with Crippen molar-refractivity contribution >= 4 is 33.7 Å². The smallest absolute Gasteiger partial charge is 0.337 e. The third kappa shape index (κ3) is 2.24. The lowest BCUT2D eigenvalue weighted by Gasteiger charge is -2.05. The van der Waals surface area contributed by atoms with Gasteiger partial charge >= 0.3 is 11.9 Å². The third-order valence-corrected chi connectivity index (χ3v) is 3.39. The maximum Gasteiger partial charge on any atom is 0.337 e. The van der Waals surface area contributed by atoms with E-state index in [1.54, 1.807) is 36.4 Å². The van der Waals surface area contributed by atoms with Crippen molar-refractivity contribution in [3.63, 3.8) is 0 Å². The number of aromatic nitrogens is 2. The molecule has 0 unspecified atom stereocenters. The van der Waals surface area contributed by atoms with E-state index in [2.05, 4.69) is 19.7 Å². The van der Waals surface area contributed by atoms with Crippen LogP contribution < -0.4 is 0 Å². The van der Waals surface area contributed by atoms with E-state index in [4.69, 9.17) is 0 Å². The summed E-state index contributed by atoms with van der Waals surface area (Å²) in [6.45, 7) is 0. The summed E-state index contributed by atoms with van der Waals surface area (Å²) < 4.78 is 9.38. The molecule has 0 bridgehead atoms. The molecule has 0 atom stereocenters. The monoisotopic (exact) mass is 296 g/mol. The van der Waals surface area contributed by atoms with E-state index in [1.807, 2.05) is 0 Å². The Morgan fingerprint density at radius 2 is 1.18 bits per heavy atom. The Morgan fingerprint density at radius 3 is 1.55 bits per heavy atom. The summed E-state index contributed by atoms with van der Waals surface area (Å²) in [6, 6.07) is 10.2. The number of rotatable bonds is 2. The number of benzene rings is 2. The molecule has 0 aliphatic carbocycles. The fourth-order valence-electron chi connectivity index (χ4n) is 2.28. The zero-order valence-electron chi connectivity index (χ0n) is 12.0. The molecular formula is C16H12N2O4. The molecule has 0 aliphatic rings. The molecule has 6 heteroatoms. The molecule has 110 valence electrons. The van der Waals surface area contributed by atoms with E-state index >= 15 is 0 Å². The molecule has 3 aromatic rings. The summed E-state index contributed by atoms with van der Waals surface area (Å²) in [5.74, 6) is -0.852. The van der Waals surface area contributed by atoms with Crippen molar-refractivity contribution in [3.05, 3.63) is 47.5 Å². The Kier molecular flexibility index (Phi) is 3.42. The number of ether oxygens (including phenoxy) is 2. The fourth-order valence-corrected chi connectivity index (χ4v) is 2.28. The molecule has 0 radical (unpaired) electrons. The molecule has 3 rings (SSSR count). The number of fused-ring (bicyclic) bond motifs is 3. The van der Waals surface area contributed by atoms with Gasteiger partial charge in [-0.05, 0) is 24.3 Å². The van der Waals surface area contributed by atoms with Crippen molar-refractivity contribution in [1.82, 2.24) is 10.2 Å². The van der Waals surface area contributed by atoms with Gasteiger partial charge in [0, 0.05) is 10.8 Å². The molecule has 2 aromatic carbocycles. The van der Waals surface area contributed by atoms with Crippen LogP contribution in [0.1, 0.15) is 20.7 Å². The van der Waals surface area contributed by atoms with Crippen LogP contribution in [0.4, 0.5) is 0 Å². The van der Waals surface area contributed by atoms with Gasteiger partial charge < -0.3 is 9.47 Å². The molecule has 22 heavy (non-hydrogen) atoms. The molecule has 0 N–H and O–H groups in total. The van der Waals surface area contributed by atoms with Gasteiger partial charge in [-0.15, -0.1) is 10.2 Å². The van der Waals surface area contributed by atoms with E-state index in [-0.39, 0.29) is 0 Å². The number of methoxy groups -OCH3 is 2. The first kappa shape index (κ1) is 13.9. The molecule has 1 heterocycles. The largest absolute Gasteiger partial charge is 0.465 e. The van der Waals surface area contributed by atoms with Crippen LogP contribution in [-0.4, -0.2) is 36.4 Å². The first-order chi connectivity index (χ1) is 10.6. The summed E-state index contributed by atoms with van der Waals surface area (Å²) in [5, 5.41) is 9.89. The number of esters is 2. The number of carbonyl (C=O) groups excluding carboxylic acids is 2. The SMILES string of the molecule is COC(=O)c1ccc2c(c1)nnc1cc(C(=O)OC)ccc12. The minimum Gasteiger partial charge on any atom is -0.465 e. The van der Waals surface area contributed by atoms with E-state index in [0.717, 1.165) is 10.8 Å². The Labute approximate surface area is 125 Å². The number of hydrogen-bond donors (Lipinski definition) is 0. The van der Waals surface area contributed by atoms with Crippen LogP contribution >= 0.6 is 0 Å². The van der Waals surface area contributed by atoms with Crippen molar-refractivity contribution in [2.75, 3.05) is 14.2 Å². The number of hydrogen-bond acceptors (Lipinski definition) is 6. The van der Waals surface area contributed by atoms with Gasteiger partial charge in [-0.2, -0.15) is 0 Å². The minimum atomic E-state index is -0.426. The predicted molar refractivity (Wildman–Crippen MR) is 79.7 cm³/mol. The lowest BCUT2D eigenvalue weighted by molar-refractivity contribution is 0.0592. The zero-order chi connectivity index (χ0) is 15.7. The van der Waals surface area contributed by atoms with Gasteiger partial charge in [-0.3, -0.25) is 0 Å². The van der Waals surface area contributed by atoms with Gasteiger partial charge in [0.05, 0.1) is 36.4 Å². The van der Waals surface area contributed by atoms with Crippen molar-refractivity contribution < 1.29 is 19.1 Å². The van der Waals surface area contributed by atoms with Gasteiger partial charge in [0.2, 0.25) is 0 Å². The van der Waals surface area contributed by atoms with Crippen LogP contribution in [0.5, 0.6) is 0 Å². The van der Waals surface area contributed by atoms with Crippen LogP contribution in [0.3, 0.4) is 0 Å². The molecule has 0 amide bonds. The molecule has 0 aliphatic heterocycles. The molecule has 1 aromatic heterocycles. The van der Waals surface area contributed by atoms with Crippen molar-refractivity contribution in [3.8, 4) is 0 Å². The zero-order valence-corrected chi connectivity index (χ0v) is 12.0. The van der Waals surface area contributed by atoms with Gasteiger partial charge in [0.15, 0.2) is 0 Å². The quantitative estimate of drug-likeness (QED) is 0.533. The van der Waals surface area contributed by atoms with Gasteiger partial charge in [0.1, 0.15) is 0 Å². The molecule has 0 saturated carbocycles. The van der Waals surface area contributed by atoms with Crippen LogP contribution in [-0.2, 0) is 9.47 Å². The van der Waals surface area contributed by atoms with Crippen molar-refractivity contribution in [2.45, 2.75) is 0 Å². The molecular weight excluding hydrogens is 284 g/mol. The Bertz CT molecular complexity index is 830. The standard InChI is InChI=1S/C16H12N2O4/c1-21-15(19)9-3-5-11-12-6-4-10(16(20)22-2)8-14(12)18-17-13(11)7-9/h3-8H,1-2H3. The summed E-state index contributed by atoms with van der Waals surface area (Å²) >= 11 is 0. The lowest BCUT2D eigenvalue weighted by atomic mass is 10.1. The van der Waals surface area contributed by atoms with Gasteiger partial charge in [-0.25, -0.2) is 9.59 Å². The van der Waals surface area contributed by atoms with Gasteiger partial charge in [0.25, 0.3) is 0 Å². The normalized spacial score (nSPS) is 10.6. The summed E-state index contributed by atoms with van der Waals surface area (Å²) in [6.07, 6.45) is 0. The van der Waals surface area contributed by atoms with E-state index in [0.29, 0.717) is 22.2 Å². The highest BCUT2D eigenvalue weighted by molar-refractivity contribution is 6.07. The highest BCUT2D eigenvalue weighted by Gasteiger charge is 2.11. The van der Waals surface area contributed by atoms with Crippen LogP contribution in [0.25, 0.3) is 21.8 Å². The van der Waals surface area contributed by atoms with E-state index in [9.17, 15) is 9.59 Å². The minimum absolute atomic E-state index is 0.412. The van der Waals surface area contributed by atoms with E-state index in [1.165, 1.54) is 14.2 Å². The third-order valence-electron chi connectivity index (χ3n) is 3.39. The van der Waals surface area contributed by atoms with Crippen molar-refractivity contribution in [1.29, 1.82) is 0 Å². The molecule has 0 spiro atoms. The summed E-state index contributed by atoms with van der Waals surface area (Å²) in [5.41, 5.74) is 1.99. The average molecular weight is 296 g/mol. The first-order valence-electron chi connectivity index (χ1n) is 6.51. The van der Waals surface area contributed by atoms with E-state index < -0.39 is 11.9 Å². The highest BCUT2D eigenvalue weighted by atomic mass is 16.5. The second-order valence-electron chi connectivity index (χ2n) is 4.65. The Balaban J connectivity index is 2.19. The van der Waals surface area contributed by atoms with Crippen LogP contribution in [0, 0.1) is 0 Å². The first-order valence-corrected chi connectivity index (χ1v) is 6.51. The Hall–Kier alpha value is -3.02. The fraction of sp³-hybridized carbons (Fsp3) is 0.125. The summed E-state index contributed by atoms with van der Waals surface area (Å²) in [4.78, 5) is 23.1. The van der Waals surface area contributed by atoms with Gasteiger partial charge in [-0.1, -0.05) is 12.1 Å². The maximum atomic E-state index is 11.6. The molecule has 0 fully saturated rings.